The van der Waals surface area contributed by atoms with E-state index in [9.17, 15) is 9.00 Å². The second kappa shape index (κ2) is 4.07. The van der Waals surface area contributed by atoms with Crippen LogP contribution in [0.1, 0.15) is 0 Å². The van der Waals surface area contributed by atoms with Gasteiger partial charge in [0.15, 0.2) is 0 Å². The zero-order valence-corrected chi connectivity index (χ0v) is 7.77. The summed E-state index contributed by atoms with van der Waals surface area (Å²) in [6.45, 7) is 0. The summed E-state index contributed by atoms with van der Waals surface area (Å²) in [5, 5.41) is 8.94. The molecule has 0 bridgehead atoms. The summed E-state index contributed by atoms with van der Waals surface area (Å²) in [5.41, 5.74) is 5.01. The number of benzene rings is 1. The fourth-order valence-electron chi connectivity index (χ4n) is 0.882. The van der Waals surface area contributed by atoms with Gasteiger partial charge in [0, 0.05) is 0 Å². The molecule has 2 amide bonds. The van der Waals surface area contributed by atoms with Crippen molar-refractivity contribution in [3.05, 3.63) is 24.3 Å². The summed E-state index contributed by atoms with van der Waals surface area (Å²) in [6, 6.07) is 4.11. The standard InChI is InChI=1S/C7H8N2O4S/c8-7(11)9(14(12)13)5-1-3-6(10)4-2-5/h1-4,10H,(H2,8,11)(H,12,13). The maximum absolute atomic E-state index is 10.8. The molecule has 0 fully saturated rings. The lowest BCUT2D eigenvalue weighted by molar-refractivity contribution is 0.256. The van der Waals surface area contributed by atoms with Crippen molar-refractivity contribution in [2.24, 2.45) is 5.73 Å². The molecule has 0 radical (unpaired) electrons. The van der Waals surface area contributed by atoms with Crippen LogP contribution in [0, 0.1) is 0 Å². The third-order valence-corrected chi connectivity index (χ3v) is 2.14. The van der Waals surface area contributed by atoms with Crippen LogP contribution in [-0.4, -0.2) is 19.9 Å². The average Bonchev–Trinajstić information content (AvgIpc) is 2.07. The Morgan fingerprint density at radius 1 is 1.36 bits per heavy atom. The minimum Gasteiger partial charge on any atom is -0.508 e. The molecule has 1 atom stereocenters. The van der Waals surface area contributed by atoms with Gasteiger partial charge in [0.05, 0.1) is 5.69 Å². The van der Waals surface area contributed by atoms with Crippen LogP contribution in [0.15, 0.2) is 24.3 Å². The SMILES string of the molecule is NC(=O)N(c1ccc(O)cc1)S(=O)O. The van der Waals surface area contributed by atoms with Gasteiger partial charge in [0.25, 0.3) is 11.3 Å². The third-order valence-electron chi connectivity index (χ3n) is 1.44. The van der Waals surface area contributed by atoms with Gasteiger partial charge in [0.1, 0.15) is 5.75 Å². The number of carbonyl (C=O) groups is 1. The first-order chi connectivity index (χ1) is 6.52. The molecule has 0 aliphatic heterocycles. The first-order valence-corrected chi connectivity index (χ1v) is 4.58. The molecule has 0 aromatic heterocycles. The Labute approximate surface area is 82.4 Å². The lowest BCUT2D eigenvalue weighted by Crippen LogP contribution is -2.36. The number of phenols is 1. The van der Waals surface area contributed by atoms with Crippen molar-refractivity contribution in [1.82, 2.24) is 0 Å². The molecule has 14 heavy (non-hydrogen) atoms. The molecule has 4 N–H and O–H groups in total. The smallest absolute Gasteiger partial charge is 0.333 e. The van der Waals surface area contributed by atoms with Gasteiger partial charge in [-0.05, 0) is 24.3 Å². The number of aromatic hydroxyl groups is 1. The lowest BCUT2D eigenvalue weighted by atomic mass is 10.3. The molecule has 6 nitrogen and oxygen atoms in total. The number of phenolic OH excluding ortho intramolecular Hbond substituents is 1. The summed E-state index contributed by atoms with van der Waals surface area (Å²) in [7, 11) is 0. The largest absolute Gasteiger partial charge is 0.508 e. The molecule has 1 aromatic rings. The van der Waals surface area contributed by atoms with Crippen LogP contribution in [0.2, 0.25) is 0 Å². The second-order valence-corrected chi connectivity index (χ2v) is 3.21. The van der Waals surface area contributed by atoms with Crippen molar-refractivity contribution in [2.45, 2.75) is 0 Å². The number of nitrogens with two attached hydrogens (primary N) is 1. The van der Waals surface area contributed by atoms with Gasteiger partial charge in [-0.1, -0.05) is 0 Å². The average molecular weight is 216 g/mol. The van der Waals surface area contributed by atoms with Gasteiger partial charge in [-0.15, -0.1) is 0 Å². The predicted molar refractivity (Wildman–Crippen MR) is 50.9 cm³/mol. The molecule has 1 aromatic carbocycles. The highest BCUT2D eigenvalue weighted by Crippen LogP contribution is 2.18. The molecular formula is C7H8N2O4S. The fourth-order valence-corrected chi connectivity index (χ4v) is 1.34. The van der Waals surface area contributed by atoms with E-state index < -0.39 is 17.3 Å². The number of hydrogen-bond donors (Lipinski definition) is 3. The highest BCUT2D eigenvalue weighted by Gasteiger charge is 2.17. The van der Waals surface area contributed by atoms with Gasteiger partial charge in [-0.2, -0.15) is 4.31 Å². The van der Waals surface area contributed by atoms with Crippen LogP contribution in [0.3, 0.4) is 0 Å². The molecule has 0 aliphatic carbocycles. The third kappa shape index (κ3) is 2.21. The Balaban J connectivity index is 3.06. The van der Waals surface area contributed by atoms with E-state index in [1.54, 1.807) is 0 Å². The van der Waals surface area contributed by atoms with Crippen LogP contribution < -0.4 is 10.0 Å². The van der Waals surface area contributed by atoms with E-state index in [1.807, 2.05) is 0 Å². The molecule has 0 spiro atoms. The Morgan fingerprint density at radius 3 is 2.21 bits per heavy atom. The van der Waals surface area contributed by atoms with Crippen LogP contribution in [0.5, 0.6) is 5.75 Å². The predicted octanol–water partition coefficient (Wildman–Crippen LogP) is 0.414. The Morgan fingerprint density at radius 2 is 1.86 bits per heavy atom. The molecule has 0 saturated carbocycles. The van der Waals surface area contributed by atoms with Crippen LogP contribution in [-0.2, 0) is 11.3 Å². The fraction of sp³-hybridized carbons (Fsp3) is 0. The molecule has 0 heterocycles. The van der Waals surface area contributed by atoms with E-state index in [-0.39, 0.29) is 11.4 Å². The molecule has 7 heteroatoms. The monoisotopic (exact) mass is 216 g/mol. The normalized spacial score (nSPS) is 12.1. The van der Waals surface area contributed by atoms with E-state index >= 15 is 0 Å². The number of anilines is 1. The van der Waals surface area contributed by atoms with Crippen molar-refractivity contribution in [1.29, 1.82) is 0 Å². The van der Waals surface area contributed by atoms with Gasteiger partial charge < -0.3 is 10.8 Å². The van der Waals surface area contributed by atoms with Gasteiger partial charge in [-0.3, -0.25) is 4.55 Å². The van der Waals surface area contributed by atoms with Gasteiger partial charge in [0.2, 0.25) is 0 Å². The van der Waals surface area contributed by atoms with E-state index in [4.69, 9.17) is 15.4 Å². The highest BCUT2D eigenvalue weighted by molar-refractivity contribution is 7.81. The topological polar surface area (TPSA) is 104 Å². The zero-order chi connectivity index (χ0) is 10.7. The molecule has 1 rings (SSSR count). The summed E-state index contributed by atoms with van der Waals surface area (Å²) in [4.78, 5) is 10.8. The molecule has 0 saturated heterocycles. The minimum atomic E-state index is -2.51. The van der Waals surface area contributed by atoms with Crippen molar-refractivity contribution in [2.75, 3.05) is 4.31 Å². The summed E-state index contributed by atoms with van der Waals surface area (Å²) < 4.78 is 19.9. The van der Waals surface area contributed by atoms with Crippen molar-refractivity contribution < 1.29 is 18.7 Å². The van der Waals surface area contributed by atoms with Crippen molar-refractivity contribution in [3.63, 3.8) is 0 Å². The van der Waals surface area contributed by atoms with Gasteiger partial charge in [-0.25, -0.2) is 9.00 Å². The molecule has 0 aliphatic rings. The van der Waals surface area contributed by atoms with E-state index in [0.29, 0.717) is 4.31 Å². The van der Waals surface area contributed by atoms with E-state index in [0.717, 1.165) is 0 Å². The second-order valence-electron chi connectivity index (χ2n) is 2.38. The number of amides is 2. The maximum Gasteiger partial charge on any atom is 0.333 e. The Hall–Kier alpha value is -1.60. The summed E-state index contributed by atoms with van der Waals surface area (Å²) in [5.74, 6) is -0.0121. The number of primary amides is 1. The van der Waals surface area contributed by atoms with Crippen LogP contribution >= 0.6 is 0 Å². The van der Waals surface area contributed by atoms with Crippen LogP contribution in [0.25, 0.3) is 0 Å². The van der Waals surface area contributed by atoms with Crippen molar-refractivity contribution in [3.8, 4) is 5.75 Å². The first-order valence-electron chi connectivity index (χ1n) is 3.52. The minimum absolute atomic E-state index is 0.0121. The Bertz CT molecular complexity index is 350. The van der Waals surface area contributed by atoms with Gasteiger partial charge >= 0.3 is 6.03 Å². The zero-order valence-electron chi connectivity index (χ0n) is 6.95. The number of nitrogens with zero attached hydrogens (tertiary/aromatic N) is 1. The number of rotatable bonds is 2. The van der Waals surface area contributed by atoms with E-state index in [2.05, 4.69) is 0 Å². The highest BCUT2D eigenvalue weighted by atomic mass is 32.2. The van der Waals surface area contributed by atoms with E-state index in [1.165, 1.54) is 24.3 Å². The van der Waals surface area contributed by atoms with Crippen molar-refractivity contribution >= 4 is 23.0 Å². The number of carbonyl (C=O) groups excluding carboxylic acids is 1. The molecule has 76 valence electrons. The quantitative estimate of drug-likeness (QED) is 0.623. The Kier molecular flexibility index (Phi) is 3.05. The first kappa shape index (κ1) is 10.5. The number of hydrogen-bond acceptors (Lipinski definition) is 3. The summed E-state index contributed by atoms with van der Waals surface area (Å²) >= 11 is -2.51. The maximum atomic E-state index is 10.8. The number of urea groups is 1. The molecular weight excluding hydrogens is 208 g/mol. The lowest BCUT2D eigenvalue weighted by Gasteiger charge is -2.14. The van der Waals surface area contributed by atoms with Crippen LogP contribution in [0.4, 0.5) is 10.5 Å². The molecule has 1 unspecified atom stereocenters. The summed E-state index contributed by atoms with van der Waals surface area (Å²) in [6.07, 6.45) is 0.